The molecule has 1 aliphatic rings. The van der Waals surface area contributed by atoms with Crippen LogP contribution in [0.5, 0.6) is 0 Å². The van der Waals surface area contributed by atoms with E-state index in [0.29, 0.717) is 55.3 Å². The van der Waals surface area contributed by atoms with Gasteiger partial charge in [-0.25, -0.2) is 9.97 Å². The fourth-order valence-corrected chi connectivity index (χ4v) is 3.46. The van der Waals surface area contributed by atoms with Crippen molar-refractivity contribution in [3.63, 3.8) is 0 Å². The van der Waals surface area contributed by atoms with Crippen LogP contribution in [-0.2, 0) is 14.3 Å². The summed E-state index contributed by atoms with van der Waals surface area (Å²) in [6.07, 6.45) is 5.22. The molecule has 0 radical (unpaired) electrons. The SMILES string of the molecule is C=CC(=O)N1CC(Nc2cnc3[nH]cc(C(=O)NCCOC)c3n2)C[C@@H]1COC. The molecule has 3 N–H and O–H groups in total. The number of methoxy groups -OCH3 is 2. The summed E-state index contributed by atoms with van der Waals surface area (Å²) in [6, 6.07) is -0.0437. The third kappa shape index (κ3) is 4.72. The molecule has 3 heterocycles. The summed E-state index contributed by atoms with van der Waals surface area (Å²) < 4.78 is 10.2. The number of carbonyl (C=O) groups excluding carboxylic acids is 2. The van der Waals surface area contributed by atoms with Gasteiger partial charge in [-0.3, -0.25) is 9.59 Å². The van der Waals surface area contributed by atoms with Gasteiger partial charge in [0.2, 0.25) is 5.91 Å². The lowest BCUT2D eigenvalue weighted by Crippen LogP contribution is -2.37. The van der Waals surface area contributed by atoms with Crippen molar-refractivity contribution in [2.75, 3.05) is 45.8 Å². The number of amides is 2. The Kier molecular flexibility index (Phi) is 6.78. The molecular formula is C19H26N6O4. The van der Waals surface area contributed by atoms with Crippen molar-refractivity contribution < 1.29 is 19.1 Å². The van der Waals surface area contributed by atoms with Crippen LogP contribution in [0.2, 0.25) is 0 Å². The van der Waals surface area contributed by atoms with Crippen LogP contribution in [0.4, 0.5) is 5.82 Å². The van der Waals surface area contributed by atoms with E-state index in [1.54, 1.807) is 31.5 Å². The Morgan fingerprint density at radius 2 is 2.24 bits per heavy atom. The minimum Gasteiger partial charge on any atom is -0.383 e. The minimum atomic E-state index is -0.247. The lowest BCUT2D eigenvalue weighted by molar-refractivity contribution is -0.127. The fraction of sp³-hybridized carbons (Fsp3) is 0.474. The number of nitrogens with one attached hydrogen (secondary N) is 3. The lowest BCUT2D eigenvalue weighted by atomic mass is 10.2. The Labute approximate surface area is 168 Å². The highest BCUT2D eigenvalue weighted by Crippen LogP contribution is 2.23. The van der Waals surface area contributed by atoms with E-state index >= 15 is 0 Å². The van der Waals surface area contributed by atoms with E-state index in [4.69, 9.17) is 9.47 Å². The van der Waals surface area contributed by atoms with Gasteiger partial charge in [0.25, 0.3) is 5.91 Å². The number of ether oxygens (including phenoxy) is 2. The highest BCUT2D eigenvalue weighted by Gasteiger charge is 2.34. The van der Waals surface area contributed by atoms with Crippen molar-refractivity contribution >= 4 is 28.8 Å². The van der Waals surface area contributed by atoms with Crippen molar-refractivity contribution in [3.05, 3.63) is 30.6 Å². The molecule has 10 nitrogen and oxygen atoms in total. The number of anilines is 1. The first-order valence-corrected chi connectivity index (χ1v) is 9.37. The van der Waals surface area contributed by atoms with Gasteiger partial charge in [0.1, 0.15) is 11.3 Å². The first kappa shape index (κ1) is 20.7. The topological polar surface area (TPSA) is 121 Å². The molecule has 0 bridgehead atoms. The van der Waals surface area contributed by atoms with E-state index in [0.717, 1.165) is 0 Å². The van der Waals surface area contributed by atoms with Gasteiger partial charge in [-0.05, 0) is 12.5 Å². The number of nitrogens with zero attached hydrogens (tertiary/aromatic N) is 3. The Bertz CT molecular complexity index is 883. The van der Waals surface area contributed by atoms with Gasteiger partial charge < -0.3 is 30.0 Å². The zero-order valence-corrected chi connectivity index (χ0v) is 16.6. The van der Waals surface area contributed by atoms with Crippen LogP contribution in [0.1, 0.15) is 16.8 Å². The molecule has 0 saturated carbocycles. The molecule has 1 saturated heterocycles. The van der Waals surface area contributed by atoms with E-state index in [-0.39, 0.29) is 23.9 Å². The summed E-state index contributed by atoms with van der Waals surface area (Å²) in [6.45, 7) is 5.36. The third-order valence-electron chi connectivity index (χ3n) is 4.80. The van der Waals surface area contributed by atoms with Crippen LogP contribution in [0.3, 0.4) is 0 Å². The molecule has 1 aliphatic heterocycles. The Morgan fingerprint density at radius 1 is 1.41 bits per heavy atom. The number of carbonyl (C=O) groups is 2. The van der Waals surface area contributed by atoms with Gasteiger partial charge in [0.05, 0.1) is 31.0 Å². The van der Waals surface area contributed by atoms with E-state index in [2.05, 4.69) is 32.2 Å². The molecule has 3 rings (SSSR count). The van der Waals surface area contributed by atoms with E-state index < -0.39 is 0 Å². The number of hydrogen-bond donors (Lipinski definition) is 3. The molecule has 2 aromatic heterocycles. The third-order valence-corrected chi connectivity index (χ3v) is 4.80. The summed E-state index contributed by atoms with van der Waals surface area (Å²) in [7, 11) is 3.19. The van der Waals surface area contributed by atoms with Crippen LogP contribution in [0, 0.1) is 0 Å². The first-order valence-electron chi connectivity index (χ1n) is 9.37. The van der Waals surface area contributed by atoms with Crippen molar-refractivity contribution in [3.8, 4) is 0 Å². The molecule has 10 heteroatoms. The zero-order chi connectivity index (χ0) is 20.8. The lowest BCUT2D eigenvalue weighted by Gasteiger charge is -2.22. The van der Waals surface area contributed by atoms with Crippen molar-refractivity contribution in [1.82, 2.24) is 25.2 Å². The number of fused-ring (bicyclic) bond motifs is 1. The van der Waals surface area contributed by atoms with Gasteiger partial charge in [-0.15, -0.1) is 0 Å². The van der Waals surface area contributed by atoms with Gasteiger partial charge in [-0.1, -0.05) is 6.58 Å². The van der Waals surface area contributed by atoms with Crippen LogP contribution < -0.4 is 10.6 Å². The monoisotopic (exact) mass is 402 g/mol. The van der Waals surface area contributed by atoms with E-state index in [9.17, 15) is 9.59 Å². The maximum absolute atomic E-state index is 12.4. The second-order valence-electron chi connectivity index (χ2n) is 6.78. The highest BCUT2D eigenvalue weighted by molar-refractivity contribution is 6.04. The quantitative estimate of drug-likeness (QED) is 0.414. The van der Waals surface area contributed by atoms with Crippen molar-refractivity contribution in [1.29, 1.82) is 0 Å². The van der Waals surface area contributed by atoms with Crippen LogP contribution in [0.25, 0.3) is 11.2 Å². The maximum atomic E-state index is 12.4. The molecule has 1 fully saturated rings. The number of aromatic amines is 1. The predicted molar refractivity (Wildman–Crippen MR) is 108 cm³/mol. The first-order chi connectivity index (χ1) is 14.1. The number of H-pyrrole nitrogens is 1. The number of likely N-dealkylation sites (tertiary alicyclic amines) is 1. The molecule has 156 valence electrons. The summed E-state index contributed by atoms with van der Waals surface area (Å²) in [5, 5.41) is 6.09. The minimum absolute atomic E-state index is 0.0104. The fourth-order valence-electron chi connectivity index (χ4n) is 3.46. The molecular weight excluding hydrogens is 376 g/mol. The van der Waals surface area contributed by atoms with Gasteiger partial charge >= 0.3 is 0 Å². The normalized spacial score (nSPS) is 18.8. The van der Waals surface area contributed by atoms with Crippen LogP contribution in [-0.4, -0.2) is 84.3 Å². The number of aromatic nitrogens is 3. The Morgan fingerprint density at radius 3 is 2.97 bits per heavy atom. The Balaban J connectivity index is 1.73. The molecule has 0 spiro atoms. The van der Waals surface area contributed by atoms with Crippen LogP contribution in [0.15, 0.2) is 25.0 Å². The average molecular weight is 402 g/mol. The molecule has 1 unspecified atom stereocenters. The second kappa shape index (κ2) is 9.48. The van der Waals surface area contributed by atoms with E-state index in [1.165, 1.54) is 6.08 Å². The second-order valence-corrected chi connectivity index (χ2v) is 6.78. The van der Waals surface area contributed by atoms with Gasteiger partial charge in [0, 0.05) is 39.5 Å². The Hall–Kier alpha value is -2.98. The number of rotatable bonds is 9. The zero-order valence-electron chi connectivity index (χ0n) is 16.6. The summed E-state index contributed by atoms with van der Waals surface area (Å²) >= 11 is 0. The van der Waals surface area contributed by atoms with Crippen molar-refractivity contribution in [2.45, 2.75) is 18.5 Å². The summed E-state index contributed by atoms with van der Waals surface area (Å²) in [4.78, 5) is 38.1. The molecule has 29 heavy (non-hydrogen) atoms. The molecule has 2 atom stereocenters. The summed E-state index contributed by atoms with van der Waals surface area (Å²) in [5.74, 6) is 0.166. The predicted octanol–water partition coefficient (Wildman–Crippen LogP) is 0.548. The van der Waals surface area contributed by atoms with Crippen LogP contribution >= 0.6 is 0 Å². The molecule has 2 aromatic rings. The maximum Gasteiger partial charge on any atom is 0.255 e. The molecule has 0 aliphatic carbocycles. The number of hydrogen-bond acceptors (Lipinski definition) is 7. The molecule has 2 amide bonds. The highest BCUT2D eigenvalue weighted by atomic mass is 16.5. The van der Waals surface area contributed by atoms with Gasteiger partial charge in [-0.2, -0.15) is 0 Å². The van der Waals surface area contributed by atoms with Crippen molar-refractivity contribution in [2.24, 2.45) is 0 Å². The molecule has 0 aromatic carbocycles. The summed E-state index contributed by atoms with van der Waals surface area (Å²) in [5.41, 5.74) is 1.43. The standard InChI is InChI=1S/C19H26N6O4/c1-4-16(26)25-10-12(7-13(25)11-29-3)23-15-9-22-18-17(24-15)14(8-21-18)19(27)20-5-6-28-2/h4,8-9,12-13H,1,5-7,10-11H2,2-3H3,(H,20,27)(H,21,22)(H,23,24)/t12?,13-/m1/s1. The van der Waals surface area contributed by atoms with Gasteiger partial charge in [0.15, 0.2) is 5.65 Å². The van der Waals surface area contributed by atoms with E-state index in [1.807, 2.05) is 0 Å². The smallest absolute Gasteiger partial charge is 0.255 e. The largest absolute Gasteiger partial charge is 0.383 e. The average Bonchev–Trinajstić information content (AvgIpc) is 3.31.